The van der Waals surface area contributed by atoms with Crippen molar-refractivity contribution < 1.29 is 17.9 Å². The van der Waals surface area contributed by atoms with Crippen molar-refractivity contribution in [2.24, 2.45) is 0 Å². The van der Waals surface area contributed by atoms with Crippen LogP contribution in [0.5, 0.6) is 0 Å². The number of hydrogen-bond acceptors (Lipinski definition) is 4. The topological polar surface area (TPSA) is 66.9 Å². The van der Waals surface area contributed by atoms with E-state index in [0.717, 1.165) is 12.8 Å². The number of hydrogen-bond donors (Lipinski definition) is 0. The maximum Gasteiger partial charge on any atom is 0.243 e. The van der Waals surface area contributed by atoms with E-state index in [1.807, 2.05) is 20.8 Å². The van der Waals surface area contributed by atoms with Crippen molar-refractivity contribution in [2.75, 3.05) is 19.6 Å². The van der Waals surface area contributed by atoms with E-state index in [0.29, 0.717) is 26.1 Å². The average Bonchev–Trinajstić information content (AvgIpc) is 2.60. The summed E-state index contributed by atoms with van der Waals surface area (Å²) in [5.74, 6) is -0.104. The second kappa shape index (κ2) is 7.29. The molecule has 0 saturated carbocycles. The Bertz CT molecular complexity index is 748. The van der Waals surface area contributed by atoms with Crippen LogP contribution in [0.3, 0.4) is 0 Å². The Kier molecular flexibility index (Phi) is 5.42. The van der Waals surface area contributed by atoms with Gasteiger partial charge in [-0.2, -0.15) is 4.31 Å². The maximum atomic E-state index is 13.2. The zero-order chi connectivity index (χ0) is 18.9. The van der Waals surface area contributed by atoms with Gasteiger partial charge in [-0.15, -0.1) is 0 Å². The second-order valence-electron chi connectivity index (χ2n) is 7.85. The van der Waals surface area contributed by atoms with Crippen LogP contribution in [0, 0.1) is 0 Å². The summed E-state index contributed by atoms with van der Waals surface area (Å²) in [7, 11) is -3.68. The first-order valence-electron chi connectivity index (χ1n) is 9.24. The van der Waals surface area contributed by atoms with Crippen LogP contribution < -0.4 is 0 Å². The highest BCUT2D eigenvalue weighted by molar-refractivity contribution is 7.89. The molecule has 2 fully saturated rings. The molecule has 26 heavy (non-hydrogen) atoms. The first-order chi connectivity index (χ1) is 12.2. The van der Waals surface area contributed by atoms with Gasteiger partial charge in [0.15, 0.2) is 0 Å². The molecule has 3 rings (SSSR count). The number of benzene rings is 1. The summed E-state index contributed by atoms with van der Waals surface area (Å²) >= 11 is 0. The Hall–Kier alpha value is -1.44. The van der Waals surface area contributed by atoms with Gasteiger partial charge in [-0.1, -0.05) is 24.6 Å². The first-order valence-corrected chi connectivity index (χ1v) is 10.7. The quantitative estimate of drug-likeness (QED) is 0.807. The van der Waals surface area contributed by atoms with Gasteiger partial charge < -0.3 is 9.64 Å². The van der Waals surface area contributed by atoms with E-state index >= 15 is 0 Å². The fraction of sp³-hybridized carbons (Fsp3) is 0.632. The number of carbonyl (C=O) groups is 1. The fourth-order valence-corrected chi connectivity index (χ4v) is 5.67. The Morgan fingerprint density at radius 2 is 1.88 bits per heavy atom. The van der Waals surface area contributed by atoms with Gasteiger partial charge in [-0.3, -0.25) is 4.79 Å². The van der Waals surface area contributed by atoms with E-state index in [4.69, 9.17) is 4.74 Å². The van der Waals surface area contributed by atoms with Gasteiger partial charge in [-0.25, -0.2) is 8.42 Å². The minimum absolute atomic E-state index is 0.0644. The third kappa shape index (κ3) is 3.94. The molecule has 2 heterocycles. The molecular weight excluding hydrogens is 352 g/mol. The van der Waals surface area contributed by atoms with Crippen LogP contribution in [0.4, 0.5) is 0 Å². The molecule has 0 N–H and O–H groups in total. The molecule has 0 spiro atoms. The van der Waals surface area contributed by atoms with E-state index in [1.54, 1.807) is 35.2 Å². The number of ether oxygens (including phenoxy) is 1. The summed E-state index contributed by atoms with van der Waals surface area (Å²) in [6.45, 7) is 7.23. The highest BCUT2D eigenvalue weighted by Crippen LogP contribution is 2.28. The van der Waals surface area contributed by atoms with E-state index in [-0.39, 0.29) is 16.9 Å². The molecule has 1 aromatic carbocycles. The molecular formula is C19H28N2O4S. The predicted molar refractivity (Wildman–Crippen MR) is 99.2 cm³/mol. The summed E-state index contributed by atoms with van der Waals surface area (Å²) in [5, 5.41) is 0. The first kappa shape index (κ1) is 19.3. The number of nitrogens with zero attached hydrogens (tertiary/aromatic N) is 2. The molecule has 0 radical (unpaired) electrons. The highest BCUT2D eigenvalue weighted by Gasteiger charge is 2.42. The standard InChI is InChI=1S/C19H28N2O4S/c1-15-13-20(14-19(2,3)25-15)18(22)17-11-7-8-12-21(17)26(23,24)16-9-5-4-6-10-16/h4-6,9-10,15,17H,7-8,11-14H2,1-3H3. The predicted octanol–water partition coefficient (Wildman–Crippen LogP) is 2.26. The molecule has 7 heteroatoms. The minimum atomic E-state index is -3.68. The smallest absolute Gasteiger partial charge is 0.243 e. The third-order valence-electron chi connectivity index (χ3n) is 4.97. The average molecular weight is 381 g/mol. The molecule has 6 nitrogen and oxygen atoms in total. The third-order valence-corrected chi connectivity index (χ3v) is 6.89. The minimum Gasteiger partial charge on any atom is -0.369 e. The zero-order valence-corrected chi connectivity index (χ0v) is 16.5. The van der Waals surface area contributed by atoms with E-state index in [2.05, 4.69) is 0 Å². The lowest BCUT2D eigenvalue weighted by Gasteiger charge is -2.44. The van der Waals surface area contributed by atoms with E-state index in [1.165, 1.54) is 4.31 Å². The van der Waals surface area contributed by atoms with Crippen molar-refractivity contribution in [2.45, 2.75) is 62.7 Å². The number of rotatable bonds is 3. The molecule has 1 aromatic rings. The summed E-state index contributed by atoms with van der Waals surface area (Å²) < 4.78 is 33.5. The van der Waals surface area contributed by atoms with Crippen molar-refractivity contribution in [3.05, 3.63) is 30.3 Å². The van der Waals surface area contributed by atoms with Gasteiger partial charge in [-0.05, 0) is 45.7 Å². The molecule has 0 aliphatic carbocycles. The van der Waals surface area contributed by atoms with Crippen molar-refractivity contribution >= 4 is 15.9 Å². The monoisotopic (exact) mass is 380 g/mol. The molecule has 2 saturated heterocycles. The zero-order valence-electron chi connectivity index (χ0n) is 15.7. The second-order valence-corrected chi connectivity index (χ2v) is 9.74. The lowest BCUT2D eigenvalue weighted by molar-refractivity contribution is -0.162. The number of morpholine rings is 1. The van der Waals surface area contributed by atoms with E-state index in [9.17, 15) is 13.2 Å². The normalized spacial score (nSPS) is 27.3. The Morgan fingerprint density at radius 1 is 1.19 bits per heavy atom. The van der Waals surface area contributed by atoms with Crippen LogP contribution >= 0.6 is 0 Å². The maximum absolute atomic E-state index is 13.2. The van der Waals surface area contributed by atoms with Crippen molar-refractivity contribution in [3.8, 4) is 0 Å². The molecule has 2 aliphatic rings. The lowest BCUT2D eigenvalue weighted by atomic mass is 10.0. The molecule has 2 aliphatic heterocycles. The van der Waals surface area contributed by atoms with Gasteiger partial charge in [0.2, 0.25) is 15.9 Å². The molecule has 144 valence electrons. The molecule has 1 amide bonds. The lowest BCUT2D eigenvalue weighted by Crippen LogP contribution is -2.59. The van der Waals surface area contributed by atoms with Gasteiger partial charge in [0.25, 0.3) is 0 Å². The number of carbonyl (C=O) groups excluding carboxylic acids is 1. The number of sulfonamides is 1. The summed E-state index contributed by atoms with van der Waals surface area (Å²) in [6, 6.07) is 7.75. The summed E-state index contributed by atoms with van der Waals surface area (Å²) in [4.78, 5) is 15.3. The van der Waals surface area contributed by atoms with Crippen molar-refractivity contribution in [1.29, 1.82) is 0 Å². The van der Waals surface area contributed by atoms with Crippen LogP contribution in [-0.4, -0.2) is 60.9 Å². The van der Waals surface area contributed by atoms with Crippen LogP contribution in [0.25, 0.3) is 0 Å². The van der Waals surface area contributed by atoms with Crippen molar-refractivity contribution in [3.63, 3.8) is 0 Å². The van der Waals surface area contributed by atoms with Crippen LogP contribution in [0.2, 0.25) is 0 Å². The summed E-state index contributed by atoms with van der Waals surface area (Å²) in [5.41, 5.74) is -0.425. The van der Waals surface area contributed by atoms with Crippen LogP contribution in [0.1, 0.15) is 40.0 Å². The fourth-order valence-electron chi connectivity index (χ4n) is 4.00. The van der Waals surface area contributed by atoms with Crippen LogP contribution in [0.15, 0.2) is 35.2 Å². The Balaban J connectivity index is 1.86. The van der Waals surface area contributed by atoms with E-state index < -0.39 is 21.7 Å². The highest BCUT2D eigenvalue weighted by atomic mass is 32.2. The SMILES string of the molecule is CC1CN(C(=O)C2CCCCN2S(=O)(=O)c2ccccc2)CC(C)(C)O1. The van der Waals surface area contributed by atoms with Gasteiger partial charge >= 0.3 is 0 Å². The molecule has 2 atom stereocenters. The Morgan fingerprint density at radius 3 is 2.54 bits per heavy atom. The summed E-state index contributed by atoms with van der Waals surface area (Å²) in [6.07, 6.45) is 2.14. The molecule has 0 aromatic heterocycles. The largest absolute Gasteiger partial charge is 0.369 e. The van der Waals surface area contributed by atoms with Gasteiger partial charge in [0.1, 0.15) is 6.04 Å². The Labute approximate surface area is 156 Å². The van der Waals surface area contributed by atoms with Gasteiger partial charge in [0, 0.05) is 19.6 Å². The molecule has 0 bridgehead atoms. The van der Waals surface area contributed by atoms with Crippen LogP contribution in [-0.2, 0) is 19.6 Å². The number of piperidine rings is 1. The van der Waals surface area contributed by atoms with Crippen molar-refractivity contribution in [1.82, 2.24) is 9.21 Å². The molecule has 2 unspecified atom stereocenters. The number of amides is 1. The van der Waals surface area contributed by atoms with Gasteiger partial charge in [0.05, 0.1) is 16.6 Å².